The standard InChI is InChI=1S/C10H10ClN3OS/c1-6-4-8(15)7(5-12-6)10-14-13-9(16-10)2-3-11/h4-5H,2-3H2,1H3,(H,12,15). The Balaban J connectivity index is 2.39. The summed E-state index contributed by atoms with van der Waals surface area (Å²) in [7, 11) is 0. The third-order valence-electron chi connectivity index (χ3n) is 2.06. The molecule has 4 nitrogen and oxygen atoms in total. The first kappa shape index (κ1) is 11.3. The lowest BCUT2D eigenvalue weighted by atomic mass is 10.2. The Morgan fingerprint density at radius 1 is 1.50 bits per heavy atom. The van der Waals surface area contributed by atoms with E-state index in [2.05, 4.69) is 15.2 Å². The van der Waals surface area contributed by atoms with Gasteiger partial charge in [0.05, 0.1) is 5.56 Å². The molecule has 2 heterocycles. The maximum Gasteiger partial charge on any atom is 0.192 e. The third-order valence-corrected chi connectivity index (χ3v) is 3.27. The average molecular weight is 256 g/mol. The number of nitrogens with one attached hydrogen (secondary N) is 1. The highest BCUT2D eigenvalue weighted by molar-refractivity contribution is 7.14. The van der Waals surface area contributed by atoms with Gasteiger partial charge in [-0.3, -0.25) is 4.79 Å². The van der Waals surface area contributed by atoms with E-state index in [0.29, 0.717) is 22.9 Å². The van der Waals surface area contributed by atoms with E-state index >= 15 is 0 Å². The van der Waals surface area contributed by atoms with Crippen molar-refractivity contribution in [2.45, 2.75) is 13.3 Å². The van der Waals surface area contributed by atoms with Gasteiger partial charge in [0.1, 0.15) is 5.01 Å². The van der Waals surface area contributed by atoms with Gasteiger partial charge in [0.2, 0.25) is 0 Å². The van der Waals surface area contributed by atoms with E-state index in [-0.39, 0.29) is 5.43 Å². The zero-order chi connectivity index (χ0) is 11.5. The second-order valence-corrected chi connectivity index (χ2v) is 4.77. The summed E-state index contributed by atoms with van der Waals surface area (Å²) in [6, 6.07) is 1.55. The van der Waals surface area contributed by atoms with Gasteiger partial charge in [-0.05, 0) is 6.92 Å². The molecule has 16 heavy (non-hydrogen) atoms. The van der Waals surface area contributed by atoms with E-state index in [0.717, 1.165) is 10.7 Å². The van der Waals surface area contributed by atoms with E-state index in [9.17, 15) is 4.79 Å². The number of H-pyrrole nitrogens is 1. The van der Waals surface area contributed by atoms with E-state index in [1.165, 1.54) is 11.3 Å². The minimum Gasteiger partial charge on any atom is -0.364 e. The fourth-order valence-corrected chi connectivity index (χ4v) is 2.44. The van der Waals surface area contributed by atoms with Gasteiger partial charge >= 0.3 is 0 Å². The van der Waals surface area contributed by atoms with Crippen LogP contribution in [-0.2, 0) is 6.42 Å². The molecule has 0 aliphatic heterocycles. The lowest BCUT2D eigenvalue weighted by molar-refractivity contribution is 0.988. The van der Waals surface area contributed by atoms with Crippen molar-refractivity contribution < 1.29 is 0 Å². The minimum absolute atomic E-state index is 0.0372. The van der Waals surface area contributed by atoms with Gasteiger partial charge in [0, 0.05) is 30.3 Å². The maximum absolute atomic E-state index is 11.7. The monoisotopic (exact) mass is 255 g/mol. The normalized spacial score (nSPS) is 10.6. The summed E-state index contributed by atoms with van der Waals surface area (Å²) >= 11 is 7.02. The topological polar surface area (TPSA) is 58.6 Å². The number of halogens is 1. The Morgan fingerprint density at radius 2 is 2.31 bits per heavy atom. The van der Waals surface area contributed by atoms with Crippen molar-refractivity contribution in [3.05, 3.63) is 33.2 Å². The van der Waals surface area contributed by atoms with Gasteiger partial charge in [-0.25, -0.2) is 0 Å². The summed E-state index contributed by atoms with van der Waals surface area (Å²) in [6.45, 7) is 1.84. The fraction of sp³-hybridized carbons (Fsp3) is 0.300. The summed E-state index contributed by atoms with van der Waals surface area (Å²) in [5.74, 6) is 0.513. The Morgan fingerprint density at radius 3 is 3.00 bits per heavy atom. The van der Waals surface area contributed by atoms with Crippen LogP contribution in [0.3, 0.4) is 0 Å². The van der Waals surface area contributed by atoms with Gasteiger partial charge in [-0.15, -0.1) is 21.8 Å². The van der Waals surface area contributed by atoms with E-state index in [1.807, 2.05) is 6.92 Å². The van der Waals surface area contributed by atoms with Crippen LogP contribution in [0.25, 0.3) is 10.6 Å². The molecule has 2 aromatic rings. The second-order valence-electron chi connectivity index (χ2n) is 3.33. The Kier molecular flexibility index (Phi) is 3.36. The van der Waals surface area contributed by atoms with Crippen molar-refractivity contribution in [2.24, 2.45) is 0 Å². The number of hydrogen-bond donors (Lipinski definition) is 1. The number of rotatable bonds is 3. The molecule has 2 aromatic heterocycles. The number of alkyl halides is 1. The van der Waals surface area contributed by atoms with E-state index in [4.69, 9.17) is 11.6 Å². The molecule has 0 radical (unpaired) electrons. The van der Waals surface area contributed by atoms with Crippen LogP contribution in [0.15, 0.2) is 17.1 Å². The molecule has 0 saturated heterocycles. The first-order valence-corrected chi connectivity index (χ1v) is 6.14. The van der Waals surface area contributed by atoms with Crippen molar-refractivity contribution >= 4 is 22.9 Å². The van der Waals surface area contributed by atoms with Crippen molar-refractivity contribution in [2.75, 3.05) is 5.88 Å². The van der Waals surface area contributed by atoms with Crippen molar-refractivity contribution in [3.63, 3.8) is 0 Å². The molecule has 0 unspecified atom stereocenters. The smallest absolute Gasteiger partial charge is 0.192 e. The van der Waals surface area contributed by atoms with Crippen LogP contribution < -0.4 is 5.43 Å². The molecule has 0 atom stereocenters. The summed E-state index contributed by atoms with van der Waals surface area (Å²) < 4.78 is 0. The van der Waals surface area contributed by atoms with Crippen LogP contribution in [0.4, 0.5) is 0 Å². The van der Waals surface area contributed by atoms with Gasteiger partial charge in [0.15, 0.2) is 10.4 Å². The summed E-state index contributed by atoms with van der Waals surface area (Å²) in [5.41, 5.74) is 1.35. The predicted molar refractivity (Wildman–Crippen MR) is 65.1 cm³/mol. The molecule has 0 saturated carbocycles. The molecule has 2 rings (SSSR count). The molecule has 0 amide bonds. The van der Waals surface area contributed by atoms with Crippen LogP contribution in [0.1, 0.15) is 10.7 Å². The molecule has 0 bridgehead atoms. The van der Waals surface area contributed by atoms with Gasteiger partial charge in [0.25, 0.3) is 0 Å². The van der Waals surface area contributed by atoms with Crippen molar-refractivity contribution in [1.29, 1.82) is 0 Å². The number of hydrogen-bond acceptors (Lipinski definition) is 4. The zero-order valence-corrected chi connectivity index (χ0v) is 10.2. The van der Waals surface area contributed by atoms with Crippen LogP contribution >= 0.6 is 22.9 Å². The Labute approximate surface area is 101 Å². The van der Waals surface area contributed by atoms with Crippen molar-refractivity contribution in [1.82, 2.24) is 15.2 Å². The molecule has 0 aliphatic carbocycles. The highest BCUT2D eigenvalue weighted by Gasteiger charge is 2.09. The van der Waals surface area contributed by atoms with Gasteiger partial charge in [-0.2, -0.15) is 0 Å². The average Bonchev–Trinajstić information content (AvgIpc) is 2.67. The molecular weight excluding hydrogens is 246 g/mol. The number of nitrogens with zero attached hydrogens (tertiary/aromatic N) is 2. The second kappa shape index (κ2) is 4.76. The summed E-state index contributed by atoms with van der Waals surface area (Å²) in [6.07, 6.45) is 2.35. The van der Waals surface area contributed by atoms with Crippen LogP contribution in [0.2, 0.25) is 0 Å². The first-order chi connectivity index (χ1) is 7.70. The van der Waals surface area contributed by atoms with Crippen LogP contribution in [-0.4, -0.2) is 21.1 Å². The molecule has 0 aliphatic rings. The van der Waals surface area contributed by atoms with Gasteiger partial charge in [-0.1, -0.05) is 11.3 Å². The lowest BCUT2D eigenvalue weighted by Crippen LogP contribution is -2.04. The van der Waals surface area contributed by atoms with Crippen molar-refractivity contribution in [3.8, 4) is 10.6 Å². The number of pyridine rings is 1. The largest absolute Gasteiger partial charge is 0.364 e. The van der Waals surface area contributed by atoms with Crippen LogP contribution in [0.5, 0.6) is 0 Å². The van der Waals surface area contributed by atoms with E-state index < -0.39 is 0 Å². The molecule has 6 heteroatoms. The molecule has 0 fully saturated rings. The minimum atomic E-state index is -0.0372. The highest BCUT2D eigenvalue weighted by atomic mass is 35.5. The SMILES string of the molecule is Cc1cc(=O)c(-c2nnc(CCCl)s2)c[nH]1. The first-order valence-electron chi connectivity index (χ1n) is 4.79. The zero-order valence-electron chi connectivity index (χ0n) is 8.66. The predicted octanol–water partition coefficient (Wildman–Crippen LogP) is 1.98. The molecule has 0 aromatic carbocycles. The molecular formula is C10H10ClN3OS. The Bertz CT molecular complexity index is 549. The fourth-order valence-electron chi connectivity index (χ4n) is 1.28. The quantitative estimate of drug-likeness (QED) is 0.854. The third kappa shape index (κ3) is 2.31. The lowest BCUT2D eigenvalue weighted by Gasteiger charge is -1.95. The summed E-state index contributed by atoms with van der Waals surface area (Å²) in [5, 5.41) is 9.45. The Hall–Kier alpha value is -1.20. The van der Waals surface area contributed by atoms with Gasteiger partial charge < -0.3 is 4.98 Å². The molecule has 0 spiro atoms. The van der Waals surface area contributed by atoms with E-state index in [1.54, 1.807) is 12.3 Å². The number of aromatic nitrogens is 3. The number of aromatic amines is 1. The highest BCUT2D eigenvalue weighted by Crippen LogP contribution is 2.20. The molecule has 1 N–H and O–H groups in total. The van der Waals surface area contributed by atoms with Crippen LogP contribution in [0, 0.1) is 6.92 Å². The summed E-state index contributed by atoms with van der Waals surface area (Å²) in [4.78, 5) is 14.7. The number of aryl methyl sites for hydroxylation is 2. The maximum atomic E-state index is 11.7. The molecule has 84 valence electrons.